The van der Waals surface area contributed by atoms with Gasteiger partial charge in [0, 0.05) is 0 Å². The number of benzene rings is 2. The molecule has 0 saturated heterocycles. The van der Waals surface area contributed by atoms with Crippen LogP contribution in [0.3, 0.4) is 0 Å². The molecule has 0 saturated carbocycles. The van der Waals surface area contributed by atoms with Crippen molar-refractivity contribution in [2.45, 2.75) is 20.5 Å². The van der Waals surface area contributed by atoms with Crippen LogP contribution >= 0.6 is 7.26 Å². The van der Waals surface area contributed by atoms with Crippen molar-refractivity contribution in [2.24, 2.45) is 0 Å². The molecule has 0 radical (unpaired) electrons. The number of anilines is 1. The molecule has 1 amide bonds. The van der Waals surface area contributed by atoms with E-state index < -0.39 is 7.26 Å². The summed E-state index contributed by atoms with van der Waals surface area (Å²) in [6.45, 7) is 7.73. The first-order valence-corrected chi connectivity index (χ1v) is 12.3. The molecule has 0 fully saturated rings. The van der Waals surface area contributed by atoms with E-state index in [1.165, 1.54) is 12.1 Å². The van der Waals surface area contributed by atoms with Gasteiger partial charge >= 0.3 is 160 Å². The third kappa shape index (κ3) is 6.76. The normalized spacial score (nSPS) is 11.7. The first-order valence-electron chi connectivity index (χ1n) is 8.92. The quantitative estimate of drug-likeness (QED) is 0.570. The van der Waals surface area contributed by atoms with Crippen molar-refractivity contribution in [3.63, 3.8) is 0 Å². The van der Waals surface area contributed by atoms with Gasteiger partial charge < -0.3 is 0 Å². The summed E-state index contributed by atoms with van der Waals surface area (Å²) in [7, 11) is -2.13. The maximum absolute atomic E-state index is 13.4. The third-order valence-electron chi connectivity index (χ3n) is 4.27. The number of nitrogens with one attached hydrogen (secondary N) is 1. The summed E-state index contributed by atoms with van der Waals surface area (Å²) in [5.74, 6) is -0.753. The second-order valence-electron chi connectivity index (χ2n) is 7.63. The van der Waals surface area contributed by atoms with Crippen molar-refractivity contribution in [2.75, 3.05) is 31.0 Å². The number of halogens is 1. The Morgan fingerprint density at radius 1 is 1.04 bits per heavy atom. The number of ether oxygens (including phenoxy) is 1. The van der Waals surface area contributed by atoms with Crippen LogP contribution in [-0.2, 0) is 20.9 Å². The molecule has 0 aliphatic heterocycles. The van der Waals surface area contributed by atoms with Gasteiger partial charge in [-0.2, -0.15) is 0 Å². The summed E-state index contributed by atoms with van der Waals surface area (Å²) in [5.41, 5.74) is 2.94. The summed E-state index contributed by atoms with van der Waals surface area (Å²) in [6.07, 6.45) is 0.568. The molecule has 0 unspecified atom stereocenters. The van der Waals surface area contributed by atoms with Gasteiger partial charge in [-0.25, -0.2) is 0 Å². The molecule has 6 heteroatoms. The minimum absolute atomic E-state index is 0.152. The van der Waals surface area contributed by atoms with Crippen molar-refractivity contribution in [3.05, 3.63) is 65.0 Å². The molecule has 0 bridgehead atoms. The SMILES string of the molecule is Cc1cc(F)cc(C)c1NC(=O)C[PH](C)(C)CC(=O)OCc1ccccc1. The van der Waals surface area contributed by atoms with E-state index in [1.54, 1.807) is 13.8 Å². The predicted octanol–water partition coefficient (Wildman–Crippen LogP) is 4.13. The van der Waals surface area contributed by atoms with Gasteiger partial charge in [-0.15, -0.1) is 0 Å². The molecule has 0 aromatic heterocycles. The molecule has 2 rings (SSSR count). The van der Waals surface area contributed by atoms with Gasteiger partial charge in [-0.3, -0.25) is 0 Å². The van der Waals surface area contributed by atoms with Crippen LogP contribution < -0.4 is 5.32 Å². The van der Waals surface area contributed by atoms with Crippen LogP contribution in [0.15, 0.2) is 42.5 Å². The van der Waals surface area contributed by atoms with Crippen LogP contribution in [0, 0.1) is 19.7 Å². The average Bonchev–Trinajstić information content (AvgIpc) is 2.56. The van der Waals surface area contributed by atoms with Gasteiger partial charge in [0.25, 0.3) is 0 Å². The molecule has 0 spiro atoms. The summed E-state index contributed by atoms with van der Waals surface area (Å²) in [5, 5.41) is 2.87. The summed E-state index contributed by atoms with van der Waals surface area (Å²) < 4.78 is 18.7. The van der Waals surface area contributed by atoms with E-state index in [9.17, 15) is 14.0 Å². The first kappa shape index (κ1) is 21.0. The van der Waals surface area contributed by atoms with Crippen LogP contribution in [0.4, 0.5) is 10.1 Å². The molecule has 27 heavy (non-hydrogen) atoms. The molecular formula is C21H27FNO3P. The summed E-state index contributed by atoms with van der Waals surface area (Å²) in [4.78, 5) is 24.6. The Hall–Kier alpha value is -2.26. The van der Waals surface area contributed by atoms with Gasteiger partial charge in [0.05, 0.1) is 0 Å². The molecular weight excluding hydrogens is 364 g/mol. The van der Waals surface area contributed by atoms with Crippen molar-refractivity contribution < 1.29 is 18.7 Å². The fourth-order valence-corrected chi connectivity index (χ4v) is 4.93. The Labute approximate surface area is 160 Å². The molecule has 2 aromatic rings. The molecule has 1 N–H and O–H groups in total. The van der Waals surface area contributed by atoms with E-state index in [4.69, 9.17) is 4.74 Å². The number of esters is 1. The van der Waals surface area contributed by atoms with E-state index in [0.29, 0.717) is 23.0 Å². The van der Waals surface area contributed by atoms with E-state index in [0.717, 1.165) is 5.56 Å². The molecule has 0 aliphatic rings. The fourth-order valence-electron chi connectivity index (χ4n) is 2.97. The van der Waals surface area contributed by atoms with Gasteiger partial charge in [0.15, 0.2) is 0 Å². The van der Waals surface area contributed by atoms with E-state index >= 15 is 0 Å². The van der Waals surface area contributed by atoms with Crippen LogP contribution in [0.25, 0.3) is 0 Å². The molecule has 0 heterocycles. The average molecular weight is 391 g/mol. The first-order chi connectivity index (χ1) is 12.7. The van der Waals surface area contributed by atoms with E-state index in [1.807, 2.05) is 43.7 Å². The summed E-state index contributed by atoms with van der Waals surface area (Å²) in [6, 6.07) is 12.3. The Morgan fingerprint density at radius 2 is 1.63 bits per heavy atom. The molecule has 0 atom stereocenters. The van der Waals surface area contributed by atoms with Crippen molar-refractivity contribution in [1.29, 1.82) is 0 Å². The zero-order valence-corrected chi connectivity index (χ0v) is 17.3. The Balaban J connectivity index is 1.89. The van der Waals surface area contributed by atoms with E-state index in [-0.39, 0.29) is 30.5 Å². The topological polar surface area (TPSA) is 55.4 Å². The van der Waals surface area contributed by atoms with Crippen LogP contribution in [0.2, 0.25) is 0 Å². The second kappa shape index (κ2) is 9.09. The van der Waals surface area contributed by atoms with Gasteiger partial charge in [-0.1, -0.05) is 0 Å². The van der Waals surface area contributed by atoms with Crippen molar-refractivity contribution in [1.82, 2.24) is 0 Å². The number of hydrogen-bond acceptors (Lipinski definition) is 3. The molecule has 4 nitrogen and oxygen atoms in total. The number of hydrogen-bond donors (Lipinski definition) is 1. The zero-order valence-electron chi connectivity index (χ0n) is 16.3. The van der Waals surface area contributed by atoms with Gasteiger partial charge in [0.1, 0.15) is 0 Å². The van der Waals surface area contributed by atoms with E-state index in [2.05, 4.69) is 5.32 Å². The van der Waals surface area contributed by atoms with Crippen molar-refractivity contribution >= 4 is 24.8 Å². The van der Waals surface area contributed by atoms with Crippen LogP contribution in [-0.4, -0.2) is 37.5 Å². The summed E-state index contributed by atoms with van der Waals surface area (Å²) >= 11 is 0. The molecule has 2 aromatic carbocycles. The zero-order chi connectivity index (χ0) is 20.0. The number of carbonyl (C=O) groups excluding carboxylic acids is 2. The Bertz CT molecular complexity index is 798. The number of aryl methyl sites for hydroxylation is 2. The predicted molar refractivity (Wildman–Crippen MR) is 111 cm³/mol. The van der Waals surface area contributed by atoms with Gasteiger partial charge in [-0.05, 0) is 0 Å². The monoisotopic (exact) mass is 391 g/mol. The number of carbonyl (C=O) groups is 2. The number of rotatable bonds is 7. The second-order valence-corrected chi connectivity index (χ2v) is 12.7. The maximum atomic E-state index is 13.4. The third-order valence-corrected chi connectivity index (χ3v) is 6.79. The molecule has 0 aliphatic carbocycles. The van der Waals surface area contributed by atoms with Crippen LogP contribution in [0.5, 0.6) is 0 Å². The Kier molecular flexibility index (Phi) is 7.09. The fraction of sp³-hybridized carbons (Fsp3) is 0.333. The standard InChI is InChI=1S/C21H27FNO3P/c1-15-10-18(22)11-16(2)21(15)23-19(24)13-27(3,4)14-20(25)26-12-17-8-6-5-7-9-17/h5-11,27H,12-14H2,1-4H3,(H,23,24). The number of amides is 1. The van der Waals surface area contributed by atoms with Crippen LogP contribution in [0.1, 0.15) is 16.7 Å². The Morgan fingerprint density at radius 3 is 2.22 bits per heavy atom. The van der Waals surface area contributed by atoms with Gasteiger partial charge in [0.2, 0.25) is 0 Å². The minimum atomic E-state index is -2.13. The van der Waals surface area contributed by atoms with Crippen molar-refractivity contribution in [3.8, 4) is 0 Å². The molecule has 146 valence electrons.